The van der Waals surface area contributed by atoms with Gasteiger partial charge in [-0.3, -0.25) is 0 Å². The monoisotopic (exact) mass is 300 g/mol. The molecule has 1 aromatic rings. The first-order chi connectivity index (χ1) is 10.3. The number of phenols is 1. The molecule has 0 radical (unpaired) electrons. The van der Waals surface area contributed by atoms with Crippen LogP contribution >= 0.6 is 0 Å². The van der Waals surface area contributed by atoms with Gasteiger partial charge in [0.2, 0.25) is 0 Å². The number of fused-ring (bicyclic) bond motifs is 3. The number of phenolic OH excluding ortho intramolecular Hbond substituents is 1. The van der Waals surface area contributed by atoms with E-state index in [-0.39, 0.29) is 10.8 Å². The van der Waals surface area contributed by atoms with Gasteiger partial charge < -0.3 is 9.90 Å². The fourth-order valence-electron chi connectivity index (χ4n) is 5.41. The van der Waals surface area contributed by atoms with E-state index in [1.54, 1.807) is 0 Å². The first-order valence-corrected chi connectivity index (χ1v) is 8.65. The highest BCUT2D eigenvalue weighted by Gasteiger charge is 2.52. The van der Waals surface area contributed by atoms with E-state index in [0.29, 0.717) is 17.6 Å². The number of aromatic hydroxyl groups is 1. The average Bonchev–Trinajstić information content (AvgIpc) is 2.46. The van der Waals surface area contributed by atoms with Gasteiger partial charge in [-0.15, -0.1) is 0 Å². The minimum Gasteiger partial charge on any atom is -0.508 e. The summed E-state index contributed by atoms with van der Waals surface area (Å²) >= 11 is 0. The second-order valence-electron chi connectivity index (χ2n) is 8.17. The Balaban J connectivity index is 2.18. The zero-order chi connectivity index (χ0) is 16.1. The molecular weight excluding hydrogens is 272 g/mol. The summed E-state index contributed by atoms with van der Waals surface area (Å²) in [5, 5.41) is 10.3. The summed E-state index contributed by atoms with van der Waals surface area (Å²) in [6.45, 7) is 8.80. The summed E-state index contributed by atoms with van der Waals surface area (Å²) in [6, 6.07) is 3.99. The molecule has 1 saturated carbocycles. The summed E-state index contributed by atoms with van der Waals surface area (Å²) in [5.74, 6) is 1.18. The second kappa shape index (κ2) is 5.11. The van der Waals surface area contributed by atoms with Crippen LogP contribution in [0.15, 0.2) is 12.1 Å². The highest BCUT2D eigenvalue weighted by molar-refractivity contribution is 5.62. The summed E-state index contributed by atoms with van der Waals surface area (Å²) < 4.78 is 0. The van der Waals surface area contributed by atoms with Gasteiger partial charge in [-0.1, -0.05) is 40.2 Å². The smallest absolute Gasteiger partial charge is 0.126 e. The van der Waals surface area contributed by atoms with Crippen molar-refractivity contribution in [3.8, 4) is 5.75 Å². The summed E-state index contributed by atoms with van der Waals surface area (Å²) in [5.41, 5.74) is 3.73. The fourth-order valence-corrected chi connectivity index (χ4v) is 5.41. The Morgan fingerprint density at radius 2 is 2.00 bits per heavy atom. The molecule has 1 aromatic carbocycles. The third kappa shape index (κ3) is 2.03. The number of carbonyl (C=O) groups excluding carboxylic acids is 1. The molecule has 2 nitrogen and oxygen atoms in total. The van der Waals surface area contributed by atoms with E-state index in [0.717, 1.165) is 37.7 Å². The molecule has 0 heterocycles. The molecule has 0 aliphatic heterocycles. The van der Waals surface area contributed by atoms with Gasteiger partial charge in [-0.05, 0) is 65.7 Å². The van der Waals surface area contributed by atoms with Gasteiger partial charge in [0.05, 0.1) is 0 Å². The Labute approximate surface area is 133 Å². The highest BCUT2D eigenvalue weighted by atomic mass is 16.3. The quantitative estimate of drug-likeness (QED) is 0.802. The zero-order valence-corrected chi connectivity index (χ0v) is 14.3. The molecule has 22 heavy (non-hydrogen) atoms. The van der Waals surface area contributed by atoms with E-state index in [1.165, 1.54) is 17.4 Å². The molecule has 0 spiro atoms. The lowest BCUT2D eigenvalue weighted by atomic mass is 9.50. The van der Waals surface area contributed by atoms with Crippen molar-refractivity contribution in [2.45, 2.75) is 71.1 Å². The van der Waals surface area contributed by atoms with Crippen LogP contribution in [0.4, 0.5) is 0 Å². The number of aldehydes is 1. The minimum absolute atomic E-state index is 0.0683. The van der Waals surface area contributed by atoms with Crippen LogP contribution in [-0.2, 0) is 16.6 Å². The van der Waals surface area contributed by atoms with Crippen LogP contribution in [0.5, 0.6) is 5.75 Å². The maximum Gasteiger partial charge on any atom is 0.126 e. The molecule has 2 heteroatoms. The van der Waals surface area contributed by atoms with Gasteiger partial charge in [0.15, 0.2) is 0 Å². The van der Waals surface area contributed by atoms with E-state index >= 15 is 0 Å². The summed E-state index contributed by atoms with van der Waals surface area (Å²) in [6.07, 6.45) is 6.53. The van der Waals surface area contributed by atoms with Gasteiger partial charge in [0.1, 0.15) is 12.0 Å². The molecule has 0 bridgehead atoms. The van der Waals surface area contributed by atoms with Gasteiger partial charge in [0.25, 0.3) is 0 Å². The normalized spacial score (nSPS) is 34.1. The molecule has 0 amide bonds. The first-order valence-electron chi connectivity index (χ1n) is 8.65. The van der Waals surface area contributed by atoms with Crippen LogP contribution in [0.3, 0.4) is 0 Å². The highest BCUT2D eigenvalue weighted by Crippen LogP contribution is 2.57. The molecule has 120 valence electrons. The van der Waals surface area contributed by atoms with Crippen LogP contribution in [0, 0.1) is 11.3 Å². The van der Waals surface area contributed by atoms with Crippen molar-refractivity contribution in [2.24, 2.45) is 11.3 Å². The number of benzene rings is 1. The Kier molecular flexibility index (Phi) is 3.62. The van der Waals surface area contributed by atoms with E-state index in [1.807, 2.05) is 6.07 Å². The number of carbonyl (C=O) groups is 1. The maximum absolute atomic E-state index is 11.8. The van der Waals surface area contributed by atoms with Crippen LogP contribution < -0.4 is 0 Å². The lowest BCUT2D eigenvalue weighted by Gasteiger charge is -2.53. The number of hydrogen-bond acceptors (Lipinski definition) is 2. The summed E-state index contributed by atoms with van der Waals surface area (Å²) in [4.78, 5) is 11.8. The Morgan fingerprint density at radius 3 is 2.64 bits per heavy atom. The largest absolute Gasteiger partial charge is 0.508 e. The van der Waals surface area contributed by atoms with Crippen LogP contribution in [0.1, 0.15) is 76.0 Å². The Hall–Kier alpha value is -1.31. The Morgan fingerprint density at radius 1 is 1.27 bits per heavy atom. The second-order valence-corrected chi connectivity index (χ2v) is 8.17. The number of hydrogen-bond donors (Lipinski definition) is 1. The fraction of sp³-hybridized carbons (Fsp3) is 0.650. The summed E-state index contributed by atoms with van der Waals surface area (Å²) in [7, 11) is 0. The molecule has 2 aliphatic carbocycles. The van der Waals surface area contributed by atoms with Gasteiger partial charge in [-0.25, -0.2) is 0 Å². The third-order valence-electron chi connectivity index (χ3n) is 6.46. The molecule has 3 rings (SSSR count). The maximum atomic E-state index is 11.8. The molecule has 1 N–H and O–H groups in total. The predicted molar refractivity (Wildman–Crippen MR) is 89.4 cm³/mol. The standard InChI is InChI=1S/C20H28O2/c1-13(2)18-14-6-9-17-19(3,12-21)10-5-11-20(17,4)15(14)7-8-16(18)22/h7-8,12-13,17,22H,5-6,9-11H2,1-4H3/t17-,19+,20+/m0/s1. The molecule has 1 fully saturated rings. The lowest BCUT2D eigenvalue weighted by molar-refractivity contribution is -0.123. The van der Waals surface area contributed by atoms with Crippen molar-refractivity contribution in [2.75, 3.05) is 0 Å². The predicted octanol–water partition coefficient (Wildman–Crippen LogP) is 4.72. The third-order valence-corrected chi connectivity index (χ3v) is 6.46. The molecular formula is C20H28O2. The van der Waals surface area contributed by atoms with E-state index in [9.17, 15) is 9.90 Å². The molecule has 0 saturated heterocycles. The molecule has 0 unspecified atom stereocenters. The topological polar surface area (TPSA) is 37.3 Å². The molecule has 3 atom stereocenters. The van der Waals surface area contributed by atoms with Crippen molar-refractivity contribution in [3.05, 3.63) is 28.8 Å². The van der Waals surface area contributed by atoms with E-state index in [2.05, 4.69) is 33.8 Å². The number of rotatable bonds is 2. The van der Waals surface area contributed by atoms with Crippen molar-refractivity contribution < 1.29 is 9.90 Å². The molecule has 0 aromatic heterocycles. The van der Waals surface area contributed by atoms with Crippen LogP contribution in [0.2, 0.25) is 0 Å². The minimum atomic E-state index is -0.194. The van der Waals surface area contributed by atoms with Crippen LogP contribution in [-0.4, -0.2) is 11.4 Å². The van der Waals surface area contributed by atoms with Crippen molar-refractivity contribution in [3.63, 3.8) is 0 Å². The average molecular weight is 300 g/mol. The van der Waals surface area contributed by atoms with Gasteiger partial charge >= 0.3 is 0 Å². The SMILES string of the molecule is CC(C)c1c(O)ccc2c1CC[C@H]1[C@@](C)(C=O)CCC[C@]21C. The van der Waals surface area contributed by atoms with Crippen molar-refractivity contribution in [1.82, 2.24) is 0 Å². The van der Waals surface area contributed by atoms with Crippen molar-refractivity contribution in [1.29, 1.82) is 0 Å². The van der Waals surface area contributed by atoms with Gasteiger partial charge in [-0.2, -0.15) is 0 Å². The van der Waals surface area contributed by atoms with Gasteiger partial charge in [0, 0.05) is 5.41 Å². The lowest BCUT2D eigenvalue weighted by Crippen LogP contribution is -2.50. The first kappa shape index (κ1) is 15.6. The molecule has 2 aliphatic rings. The zero-order valence-electron chi connectivity index (χ0n) is 14.3. The van der Waals surface area contributed by atoms with Crippen LogP contribution in [0.25, 0.3) is 0 Å². The van der Waals surface area contributed by atoms with E-state index < -0.39 is 0 Å². The Bertz CT molecular complexity index is 604. The van der Waals surface area contributed by atoms with E-state index in [4.69, 9.17) is 0 Å². The van der Waals surface area contributed by atoms with Crippen molar-refractivity contribution >= 4 is 6.29 Å².